The van der Waals surface area contributed by atoms with E-state index in [-0.39, 0.29) is 36.6 Å². The van der Waals surface area contributed by atoms with E-state index >= 15 is 0 Å². The molecule has 2 saturated heterocycles. The summed E-state index contributed by atoms with van der Waals surface area (Å²) in [5, 5.41) is 12.3. The van der Waals surface area contributed by atoms with Crippen LogP contribution in [0.3, 0.4) is 0 Å². The number of amides is 1. The molecular weight excluding hydrogens is 236 g/mol. The molecular formula is C12H22N2O4. The lowest BCUT2D eigenvalue weighted by molar-refractivity contribution is -0.150. The summed E-state index contributed by atoms with van der Waals surface area (Å²) in [5.41, 5.74) is 0. The van der Waals surface area contributed by atoms with Crippen LogP contribution in [-0.4, -0.2) is 74.1 Å². The Morgan fingerprint density at radius 1 is 1.44 bits per heavy atom. The molecule has 0 aromatic rings. The van der Waals surface area contributed by atoms with Crippen molar-refractivity contribution >= 4 is 5.91 Å². The maximum Gasteiger partial charge on any atom is 0.230 e. The van der Waals surface area contributed by atoms with E-state index in [1.54, 1.807) is 0 Å². The molecule has 0 spiro atoms. The summed E-state index contributed by atoms with van der Waals surface area (Å²) in [6.45, 7) is 3.91. The van der Waals surface area contributed by atoms with Crippen LogP contribution in [-0.2, 0) is 14.3 Å². The number of aliphatic hydroxyl groups is 1. The molecule has 0 bridgehead atoms. The molecule has 4 atom stereocenters. The largest absolute Gasteiger partial charge is 0.394 e. The van der Waals surface area contributed by atoms with Crippen LogP contribution in [0.4, 0.5) is 0 Å². The number of likely N-dealkylation sites (N-methyl/N-ethyl adjacent to an activating group) is 1. The van der Waals surface area contributed by atoms with Gasteiger partial charge in [-0.15, -0.1) is 0 Å². The number of hydrogen-bond acceptors (Lipinski definition) is 5. The van der Waals surface area contributed by atoms with Crippen molar-refractivity contribution in [2.24, 2.45) is 5.92 Å². The fourth-order valence-corrected chi connectivity index (χ4v) is 2.53. The van der Waals surface area contributed by atoms with E-state index in [2.05, 4.69) is 5.32 Å². The van der Waals surface area contributed by atoms with Gasteiger partial charge in [0.15, 0.2) is 0 Å². The summed E-state index contributed by atoms with van der Waals surface area (Å²) in [6, 6.07) is 0.138. The van der Waals surface area contributed by atoms with Crippen LogP contribution in [0.1, 0.15) is 6.92 Å². The number of ether oxygens (including phenoxy) is 2. The molecule has 0 saturated carbocycles. The molecule has 4 unspecified atom stereocenters. The van der Waals surface area contributed by atoms with Gasteiger partial charge in [0.1, 0.15) is 0 Å². The minimum absolute atomic E-state index is 0.0485. The third kappa shape index (κ3) is 2.66. The summed E-state index contributed by atoms with van der Waals surface area (Å²) in [4.78, 5) is 14.3. The highest BCUT2D eigenvalue weighted by molar-refractivity contribution is 5.80. The molecule has 0 aromatic heterocycles. The lowest BCUT2D eigenvalue weighted by atomic mass is 10.0. The summed E-state index contributed by atoms with van der Waals surface area (Å²) in [5.74, 6) is -0.0315. The lowest BCUT2D eigenvalue weighted by Gasteiger charge is -2.39. The Hall–Kier alpha value is -0.690. The highest BCUT2D eigenvalue weighted by Crippen LogP contribution is 2.20. The van der Waals surface area contributed by atoms with Crippen molar-refractivity contribution in [2.75, 3.05) is 40.0 Å². The number of carbonyl (C=O) groups excluding carboxylic acids is 1. The fourth-order valence-electron chi connectivity index (χ4n) is 2.53. The van der Waals surface area contributed by atoms with Gasteiger partial charge in [-0.1, -0.05) is 0 Å². The zero-order valence-corrected chi connectivity index (χ0v) is 11.0. The van der Waals surface area contributed by atoms with E-state index in [0.29, 0.717) is 26.4 Å². The average molecular weight is 258 g/mol. The Labute approximate surface area is 107 Å². The number of nitrogens with one attached hydrogen (secondary N) is 1. The quantitative estimate of drug-likeness (QED) is 0.667. The van der Waals surface area contributed by atoms with Crippen LogP contribution in [0.25, 0.3) is 0 Å². The topological polar surface area (TPSA) is 71.0 Å². The summed E-state index contributed by atoms with van der Waals surface area (Å²) >= 11 is 0. The molecule has 2 rings (SSSR count). The van der Waals surface area contributed by atoms with Gasteiger partial charge in [-0.2, -0.15) is 0 Å². The smallest absolute Gasteiger partial charge is 0.230 e. The van der Waals surface area contributed by atoms with Crippen molar-refractivity contribution in [3.63, 3.8) is 0 Å². The number of morpholine rings is 1. The molecule has 6 nitrogen and oxygen atoms in total. The van der Waals surface area contributed by atoms with E-state index in [0.717, 1.165) is 0 Å². The molecule has 0 aromatic carbocycles. The fraction of sp³-hybridized carbons (Fsp3) is 0.917. The van der Waals surface area contributed by atoms with Crippen molar-refractivity contribution in [2.45, 2.75) is 25.1 Å². The van der Waals surface area contributed by atoms with Gasteiger partial charge in [-0.3, -0.25) is 4.79 Å². The first-order chi connectivity index (χ1) is 8.67. The van der Waals surface area contributed by atoms with Gasteiger partial charge in [0.05, 0.1) is 44.5 Å². The Kier molecular flexibility index (Phi) is 4.55. The van der Waals surface area contributed by atoms with Crippen LogP contribution in [0.2, 0.25) is 0 Å². The SMILES string of the molecule is CNC1COCC1C(=O)N1CC(CO)OCC1C. The molecule has 104 valence electrons. The minimum atomic E-state index is -0.263. The summed E-state index contributed by atoms with van der Waals surface area (Å²) in [6.07, 6.45) is -0.263. The predicted octanol–water partition coefficient (Wildman–Crippen LogP) is -1.17. The van der Waals surface area contributed by atoms with Crippen molar-refractivity contribution in [3.8, 4) is 0 Å². The Morgan fingerprint density at radius 2 is 2.22 bits per heavy atom. The molecule has 0 aliphatic carbocycles. The third-order valence-electron chi connectivity index (χ3n) is 3.76. The molecule has 2 aliphatic rings. The first-order valence-electron chi connectivity index (χ1n) is 6.45. The van der Waals surface area contributed by atoms with Gasteiger partial charge >= 0.3 is 0 Å². The summed E-state index contributed by atoms with van der Waals surface area (Å²) < 4.78 is 10.8. The molecule has 1 amide bonds. The molecule has 2 aliphatic heterocycles. The van der Waals surface area contributed by atoms with Gasteiger partial charge < -0.3 is 24.8 Å². The molecule has 2 fully saturated rings. The van der Waals surface area contributed by atoms with Crippen LogP contribution < -0.4 is 5.32 Å². The van der Waals surface area contributed by atoms with Crippen LogP contribution in [0, 0.1) is 5.92 Å². The van der Waals surface area contributed by atoms with Crippen LogP contribution in [0.15, 0.2) is 0 Å². The molecule has 6 heteroatoms. The van der Waals surface area contributed by atoms with Gasteiger partial charge in [0.25, 0.3) is 0 Å². The van der Waals surface area contributed by atoms with E-state index in [1.807, 2.05) is 18.9 Å². The number of rotatable bonds is 3. The van der Waals surface area contributed by atoms with E-state index in [4.69, 9.17) is 14.6 Å². The first-order valence-corrected chi connectivity index (χ1v) is 6.45. The highest BCUT2D eigenvalue weighted by Gasteiger charge is 2.39. The average Bonchev–Trinajstić information content (AvgIpc) is 2.86. The number of nitrogens with zero attached hydrogens (tertiary/aromatic N) is 1. The Morgan fingerprint density at radius 3 is 2.89 bits per heavy atom. The van der Waals surface area contributed by atoms with Crippen LogP contribution in [0.5, 0.6) is 0 Å². The predicted molar refractivity (Wildman–Crippen MR) is 65.2 cm³/mol. The molecule has 2 N–H and O–H groups in total. The van der Waals surface area contributed by atoms with Gasteiger partial charge in [-0.05, 0) is 14.0 Å². The second-order valence-corrected chi connectivity index (χ2v) is 5.02. The number of aliphatic hydroxyl groups excluding tert-OH is 1. The second-order valence-electron chi connectivity index (χ2n) is 5.02. The van der Waals surface area contributed by atoms with Crippen molar-refractivity contribution in [1.82, 2.24) is 10.2 Å². The third-order valence-corrected chi connectivity index (χ3v) is 3.76. The van der Waals surface area contributed by atoms with E-state index in [1.165, 1.54) is 0 Å². The van der Waals surface area contributed by atoms with Gasteiger partial charge in [-0.25, -0.2) is 0 Å². The van der Waals surface area contributed by atoms with Crippen molar-refractivity contribution in [1.29, 1.82) is 0 Å². The zero-order chi connectivity index (χ0) is 13.1. The van der Waals surface area contributed by atoms with E-state index < -0.39 is 0 Å². The first kappa shape index (κ1) is 13.7. The lowest BCUT2D eigenvalue weighted by Crippen LogP contribution is -2.55. The zero-order valence-electron chi connectivity index (χ0n) is 11.0. The molecule has 2 heterocycles. The number of hydrogen-bond donors (Lipinski definition) is 2. The second kappa shape index (κ2) is 5.97. The minimum Gasteiger partial charge on any atom is -0.394 e. The standard InChI is InChI=1S/C12H22N2O4/c1-8-5-18-9(4-15)3-14(8)12(16)10-6-17-7-11(10)13-2/h8-11,13,15H,3-7H2,1-2H3. The van der Waals surface area contributed by atoms with E-state index in [9.17, 15) is 4.79 Å². The van der Waals surface area contributed by atoms with Crippen LogP contribution >= 0.6 is 0 Å². The monoisotopic (exact) mass is 258 g/mol. The maximum absolute atomic E-state index is 12.5. The molecule has 18 heavy (non-hydrogen) atoms. The van der Waals surface area contributed by atoms with Crippen molar-refractivity contribution in [3.05, 3.63) is 0 Å². The normalized spacial score (nSPS) is 36.9. The number of carbonyl (C=O) groups is 1. The van der Waals surface area contributed by atoms with Gasteiger partial charge in [0, 0.05) is 12.6 Å². The highest BCUT2D eigenvalue weighted by atomic mass is 16.5. The molecule has 0 radical (unpaired) electrons. The van der Waals surface area contributed by atoms with Crippen molar-refractivity contribution < 1.29 is 19.4 Å². The Balaban J connectivity index is 2.02. The van der Waals surface area contributed by atoms with Gasteiger partial charge in [0.2, 0.25) is 5.91 Å². The Bertz CT molecular complexity index is 300. The maximum atomic E-state index is 12.5. The summed E-state index contributed by atoms with van der Waals surface area (Å²) in [7, 11) is 1.85.